The minimum atomic E-state index is -0.797. The molecule has 0 spiro atoms. The maximum atomic E-state index is 15.0. The van der Waals surface area contributed by atoms with Gasteiger partial charge in [0.25, 0.3) is 5.91 Å². The normalized spacial score (nSPS) is 18.8. The monoisotopic (exact) mass is 627 g/mol. The maximum absolute atomic E-state index is 15.0. The van der Waals surface area contributed by atoms with Gasteiger partial charge in [0, 0.05) is 38.2 Å². The minimum Gasteiger partial charge on any atom is -0.493 e. The van der Waals surface area contributed by atoms with Crippen LogP contribution in [0.4, 0.5) is 9.18 Å². The van der Waals surface area contributed by atoms with Crippen molar-refractivity contribution in [2.75, 3.05) is 46.4 Å². The highest BCUT2D eigenvalue weighted by Crippen LogP contribution is 2.34. The molecule has 3 heterocycles. The molecule has 2 aromatic carbocycles. The fraction of sp³-hybridized carbons (Fsp3) is 0.452. The number of nitrogens with one attached hydrogen (secondary N) is 3. The summed E-state index contributed by atoms with van der Waals surface area (Å²) in [6, 6.07) is 7.97. The Morgan fingerprint density at radius 2 is 1.82 bits per heavy atom. The Kier molecular flexibility index (Phi) is 11.5. The molecule has 5 amide bonds. The van der Waals surface area contributed by atoms with Gasteiger partial charge < -0.3 is 35.1 Å². The van der Waals surface area contributed by atoms with E-state index in [0.29, 0.717) is 31.4 Å². The molecule has 3 aliphatic rings. The lowest BCUT2D eigenvalue weighted by molar-refractivity contribution is -0.132. The number of benzene rings is 2. The van der Waals surface area contributed by atoms with Crippen LogP contribution in [0.2, 0.25) is 0 Å². The van der Waals surface area contributed by atoms with Crippen molar-refractivity contribution >= 4 is 29.7 Å². The molecule has 0 radical (unpaired) electrons. The molecule has 242 valence electrons. The van der Waals surface area contributed by atoms with Crippen LogP contribution < -0.4 is 25.4 Å². The summed E-state index contributed by atoms with van der Waals surface area (Å²) in [4.78, 5) is 66.3. The summed E-state index contributed by atoms with van der Waals surface area (Å²) in [5.41, 5.74) is 0.723. The molecular formula is C31H38FN5O8. The van der Waals surface area contributed by atoms with Gasteiger partial charge in [-0.05, 0) is 55.2 Å². The van der Waals surface area contributed by atoms with Gasteiger partial charge in [-0.1, -0.05) is 13.0 Å². The van der Waals surface area contributed by atoms with Crippen LogP contribution in [-0.4, -0.2) is 92.0 Å². The van der Waals surface area contributed by atoms with Crippen molar-refractivity contribution in [1.82, 2.24) is 25.8 Å². The molecule has 45 heavy (non-hydrogen) atoms. The van der Waals surface area contributed by atoms with Crippen LogP contribution in [0.25, 0.3) is 0 Å². The van der Waals surface area contributed by atoms with Gasteiger partial charge in [0.1, 0.15) is 19.2 Å². The van der Waals surface area contributed by atoms with Crippen LogP contribution in [0, 0.1) is 5.82 Å². The quantitative estimate of drug-likeness (QED) is 0.467. The molecule has 0 unspecified atom stereocenters. The Balaban J connectivity index is 1.53. The van der Waals surface area contributed by atoms with Crippen LogP contribution in [0.1, 0.15) is 48.5 Å². The zero-order valence-electron chi connectivity index (χ0n) is 25.4. The van der Waals surface area contributed by atoms with Gasteiger partial charge in [0.05, 0.1) is 13.7 Å². The number of amides is 5. The summed E-state index contributed by atoms with van der Waals surface area (Å²) in [5, 5.41) is 8.24. The first-order valence-electron chi connectivity index (χ1n) is 14.9. The van der Waals surface area contributed by atoms with Gasteiger partial charge in [0.15, 0.2) is 23.1 Å². The van der Waals surface area contributed by atoms with Gasteiger partial charge in [-0.3, -0.25) is 24.1 Å². The van der Waals surface area contributed by atoms with E-state index in [4.69, 9.17) is 14.2 Å². The molecular weight excluding hydrogens is 589 g/mol. The highest BCUT2D eigenvalue weighted by molar-refractivity contribution is 5.95. The minimum absolute atomic E-state index is 0.0169. The number of halogens is 1. The summed E-state index contributed by atoms with van der Waals surface area (Å²) >= 11 is 0. The number of cyclic esters (lactones) is 1. The molecule has 0 aromatic heterocycles. The number of rotatable bonds is 4. The second-order valence-electron chi connectivity index (χ2n) is 10.6. The highest BCUT2D eigenvalue weighted by atomic mass is 19.1. The topological polar surface area (TPSA) is 156 Å². The van der Waals surface area contributed by atoms with Crippen LogP contribution >= 0.6 is 0 Å². The second-order valence-corrected chi connectivity index (χ2v) is 10.6. The molecule has 1 fully saturated rings. The largest absolute Gasteiger partial charge is 0.493 e. The van der Waals surface area contributed by atoms with E-state index in [-0.39, 0.29) is 80.4 Å². The molecule has 5 rings (SSSR count). The number of nitrogens with zero attached hydrogens (tertiary/aromatic N) is 2. The second kappa shape index (κ2) is 15.7. The third-order valence-corrected chi connectivity index (χ3v) is 7.41. The van der Waals surface area contributed by atoms with Crippen molar-refractivity contribution < 1.29 is 42.6 Å². The Labute approximate surface area is 260 Å². The van der Waals surface area contributed by atoms with Gasteiger partial charge in [-0.25, -0.2) is 9.18 Å². The third kappa shape index (κ3) is 9.06. The number of methoxy groups -OCH3 is 1. The lowest BCUT2D eigenvalue weighted by atomic mass is 10.1. The molecule has 3 aliphatic heterocycles. The van der Waals surface area contributed by atoms with Gasteiger partial charge >= 0.3 is 6.09 Å². The smallest absolute Gasteiger partial charge is 0.410 e. The van der Waals surface area contributed by atoms with Crippen molar-refractivity contribution in [2.24, 2.45) is 0 Å². The molecule has 1 atom stereocenters. The van der Waals surface area contributed by atoms with E-state index in [0.717, 1.165) is 0 Å². The van der Waals surface area contributed by atoms with Crippen molar-refractivity contribution in [2.45, 2.75) is 45.2 Å². The predicted molar refractivity (Wildman–Crippen MR) is 159 cm³/mol. The van der Waals surface area contributed by atoms with Crippen molar-refractivity contribution in [3.8, 4) is 17.2 Å². The molecule has 1 saturated heterocycles. The Morgan fingerprint density at radius 1 is 1.02 bits per heavy atom. The fourth-order valence-electron chi connectivity index (χ4n) is 4.88. The number of ether oxygens (including phenoxy) is 3. The van der Waals surface area contributed by atoms with Gasteiger partial charge in [-0.15, -0.1) is 0 Å². The van der Waals surface area contributed by atoms with Gasteiger partial charge in [0.2, 0.25) is 17.7 Å². The molecule has 13 nitrogen and oxygen atoms in total. The Morgan fingerprint density at radius 3 is 2.53 bits per heavy atom. The molecule has 14 heteroatoms. The SMILES string of the molecule is CC[C@@H]1NC(=O)CCCN(C(=O)CN2CCOC2=O)CCCNC(=O)c2ccc(OC)c(c2)Oc2ccc(cc2F)CNC1=O. The van der Waals surface area contributed by atoms with Crippen LogP contribution in [0.15, 0.2) is 36.4 Å². The zero-order valence-corrected chi connectivity index (χ0v) is 25.4. The van der Waals surface area contributed by atoms with E-state index in [9.17, 15) is 24.0 Å². The first kappa shape index (κ1) is 33.0. The molecule has 2 aromatic rings. The summed E-state index contributed by atoms with van der Waals surface area (Å²) in [7, 11) is 1.42. The van der Waals surface area contributed by atoms with Crippen molar-refractivity contribution in [1.29, 1.82) is 0 Å². The fourth-order valence-corrected chi connectivity index (χ4v) is 4.88. The molecule has 0 aliphatic carbocycles. The summed E-state index contributed by atoms with van der Waals surface area (Å²) in [5.74, 6) is -1.87. The van der Waals surface area contributed by atoms with Crippen LogP contribution in [0.3, 0.4) is 0 Å². The van der Waals surface area contributed by atoms with E-state index in [1.54, 1.807) is 24.0 Å². The Bertz CT molecular complexity index is 1420. The number of hydrogen-bond donors (Lipinski definition) is 3. The summed E-state index contributed by atoms with van der Waals surface area (Å²) < 4.78 is 31.0. The average Bonchev–Trinajstić information content (AvgIpc) is 3.43. The standard InChI is InChI=1S/C31H38FN5O8/c1-3-23-30(41)34-18-20-7-9-24(22(32)16-20)45-26-17-21(8-10-25(26)43-2)29(40)33-11-5-13-36(12-4-6-27(38)35-23)28(39)19-37-14-15-44-31(37)42/h7-10,16-17,23H,3-6,11-15,18-19H2,1-2H3,(H,33,40)(H,34,41)(H,35,38)/t23-/m0/s1. The highest BCUT2D eigenvalue weighted by Gasteiger charge is 2.27. The number of carbonyl (C=O) groups excluding carboxylic acids is 5. The van der Waals surface area contributed by atoms with Crippen LogP contribution in [0.5, 0.6) is 17.2 Å². The van der Waals surface area contributed by atoms with Gasteiger partial charge in [-0.2, -0.15) is 0 Å². The molecule has 3 N–H and O–H groups in total. The lowest BCUT2D eigenvalue weighted by Gasteiger charge is -2.25. The van der Waals surface area contributed by atoms with Crippen molar-refractivity contribution in [3.05, 3.63) is 53.3 Å². The first-order chi connectivity index (χ1) is 21.7. The summed E-state index contributed by atoms with van der Waals surface area (Å²) in [6.07, 6.45) is 0.538. The van der Waals surface area contributed by atoms with E-state index >= 15 is 4.39 Å². The van der Waals surface area contributed by atoms with E-state index in [2.05, 4.69) is 16.0 Å². The molecule has 0 saturated carbocycles. The lowest BCUT2D eigenvalue weighted by Crippen LogP contribution is -2.46. The van der Waals surface area contributed by atoms with E-state index in [1.165, 1.54) is 36.3 Å². The average molecular weight is 628 g/mol. The van der Waals surface area contributed by atoms with E-state index in [1.807, 2.05) is 0 Å². The first-order valence-corrected chi connectivity index (χ1v) is 14.9. The molecule has 4 bridgehead atoms. The number of hydrogen-bond acceptors (Lipinski definition) is 8. The zero-order chi connectivity index (χ0) is 32.3. The third-order valence-electron chi connectivity index (χ3n) is 7.41. The van der Waals surface area contributed by atoms with Crippen LogP contribution in [-0.2, 0) is 25.7 Å². The maximum Gasteiger partial charge on any atom is 0.410 e. The van der Waals surface area contributed by atoms with E-state index < -0.39 is 29.8 Å². The number of carbonyl (C=O) groups is 5. The number of fused-ring (bicyclic) bond motifs is 16. The van der Waals surface area contributed by atoms with Crippen molar-refractivity contribution in [3.63, 3.8) is 0 Å². The summed E-state index contributed by atoms with van der Waals surface area (Å²) in [6.45, 7) is 2.85. The predicted octanol–water partition coefficient (Wildman–Crippen LogP) is 2.33. The Hall–Kier alpha value is -4.88.